The first-order valence-electron chi connectivity index (χ1n) is 7.34. The molecule has 0 aliphatic rings. The van der Waals surface area contributed by atoms with Crippen LogP contribution in [-0.4, -0.2) is 41.5 Å². The molecule has 1 heterocycles. The molecule has 2 rings (SSSR count). The van der Waals surface area contributed by atoms with Gasteiger partial charge in [-0.1, -0.05) is 11.6 Å². The van der Waals surface area contributed by atoms with Crippen molar-refractivity contribution in [2.45, 2.75) is 19.1 Å². The Labute approximate surface area is 146 Å². The number of imidazole rings is 1. The van der Waals surface area contributed by atoms with Crippen molar-refractivity contribution >= 4 is 33.2 Å². The summed E-state index contributed by atoms with van der Waals surface area (Å²) >= 11 is 6.20. The van der Waals surface area contributed by atoms with Gasteiger partial charge in [0, 0.05) is 24.6 Å². The highest BCUT2D eigenvalue weighted by Gasteiger charge is 2.16. The van der Waals surface area contributed by atoms with Gasteiger partial charge in [0.15, 0.2) is 9.84 Å². The molecule has 0 fully saturated rings. The molecule has 0 radical (unpaired) electrons. The fourth-order valence-corrected chi connectivity index (χ4v) is 3.05. The zero-order valence-electron chi connectivity index (χ0n) is 13.4. The Kier molecular flexibility index (Phi) is 5.84. The van der Waals surface area contributed by atoms with Crippen molar-refractivity contribution in [1.82, 2.24) is 14.9 Å². The van der Waals surface area contributed by atoms with Crippen molar-refractivity contribution in [3.8, 4) is 5.69 Å². The van der Waals surface area contributed by atoms with Gasteiger partial charge in [-0.15, -0.1) is 0 Å². The maximum atomic E-state index is 11.8. The molecule has 1 aromatic carbocycles. The summed E-state index contributed by atoms with van der Waals surface area (Å²) in [6.07, 6.45) is 5.02. The lowest BCUT2D eigenvalue weighted by Gasteiger charge is -2.11. The Bertz CT molecular complexity index is 804. The highest BCUT2D eigenvalue weighted by Crippen LogP contribution is 2.24. The first kappa shape index (κ1) is 18.3. The number of rotatable bonds is 6. The van der Waals surface area contributed by atoms with Gasteiger partial charge in [0.2, 0.25) is 0 Å². The van der Waals surface area contributed by atoms with E-state index in [2.05, 4.69) is 15.6 Å². The molecule has 130 valence electrons. The third-order valence-electron chi connectivity index (χ3n) is 3.38. The molecule has 0 spiro atoms. The SMILES string of the molecule is CC(C)S(=O)(=O)CCNC(=O)Nc1ccc(-n2ccnc2)c(Cl)c1. The molecule has 0 saturated carbocycles. The number of hydrogen-bond acceptors (Lipinski definition) is 4. The maximum absolute atomic E-state index is 11.8. The number of amides is 2. The van der Waals surface area contributed by atoms with E-state index in [0.717, 1.165) is 5.69 Å². The fourth-order valence-electron chi connectivity index (χ4n) is 1.91. The van der Waals surface area contributed by atoms with Gasteiger partial charge in [-0.2, -0.15) is 0 Å². The molecular formula is C15H19ClN4O3S. The largest absolute Gasteiger partial charge is 0.337 e. The molecule has 24 heavy (non-hydrogen) atoms. The minimum Gasteiger partial charge on any atom is -0.337 e. The Hall–Kier alpha value is -2.06. The van der Waals surface area contributed by atoms with Crippen molar-refractivity contribution in [2.24, 2.45) is 0 Å². The molecule has 0 atom stereocenters. The molecule has 2 N–H and O–H groups in total. The standard InChI is InChI=1S/C15H19ClN4O3S/c1-11(2)24(22,23)8-6-18-15(21)19-12-3-4-14(13(16)9-12)20-7-5-17-10-20/h3-5,7,9-11H,6,8H2,1-2H3,(H2,18,19,21). The van der Waals surface area contributed by atoms with Gasteiger partial charge in [0.05, 0.1) is 28.0 Å². The van der Waals surface area contributed by atoms with Crippen LogP contribution >= 0.6 is 11.6 Å². The van der Waals surface area contributed by atoms with Crippen LogP contribution in [-0.2, 0) is 9.84 Å². The predicted molar refractivity (Wildman–Crippen MR) is 94.5 cm³/mol. The number of aromatic nitrogens is 2. The molecule has 1 aromatic heterocycles. The summed E-state index contributed by atoms with van der Waals surface area (Å²) in [5, 5.41) is 5.12. The maximum Gasteiger partial charge on any atom is 0.319 e. The third kappa shape index (κ3) is 4.72. The van der Waals surface area contributed by atoms with Crippen molar-refractivity contribution in [1.29, 1.82) is 0 Å². The molecule has 0 unspecified atom stereocenters. The number of halogens is 1. The normalized spacial score (nSPS) is 11.5. The molecule has 0 saturated heterocycles. The Morgan fingerprint density at radius 3 is 2.71 bits per heavy atom. The number of sulfone groups is 1. The molecule has 0 bridgehead atoms. The average molecular weight is 371 g/mol. The van der Waals surface area contributed by atoms with E-state index in [4.69, 9.17) is 11.6 Å². The molecular weight excluding hydrogens is 352 g/mol. The zero-order valence-corrected chi connectivity index (χ0v) is 14.9. The summed E-state index contributed by atoms with van der Waals surface area (Å²) < 4.78 is 25.1. The topological polar surface area (TPSA) is 93.1 Å². The van der Waals surface area contributed by atoms with Crippen LogP contribution in [0.2, 0.25) is 5.02 Å². The van der Waals surface area contributed by atoms with E-state index in [0.29, 0.717) is 10.7 Å². The van der Waals surface area contributed by atoms with Crippen LogP contribution in [0.1, 0.15) is 13.8 Å². The number of carbonyl (C=O) groups excluding carboxylic acids is 1. The zero-order chi connectivity index (χ0) is 17.7. The van der Waals surface area contributed by atoms with E-state index >= 15 is 0 Å². The number of hydrogen-bond donors (Lipinski definition) is 2. The first-order valence-corrected chi connectivity index (χ1v) is 9.43. The summed E-state index contributed by atoms with van der Waals surface area (Å²) in [6.45, 7) is 3.27. The van der Waals surface area contributed by atoms with E-state index in [9.17, 15) is 13.2 Å². The first-order chi connectivity index (χ1) is 11.3. The molecule has 7 nitrogen and oxygen atoms in total. The van der Waals surface area contributed by atoms with Crippen LogP contribution in [0.15, 0.2) is 36.9 Å². The highest BCUT2D eigenvalue weighted by atomic mass is 35.5. The molecule has 2 aromatic rings. The van der Waals surface area contributed by atoms with Crippen molar-refractivity contribution in [3.63, 3.8) is 0 Å². The monoisotopic (exact) mass is 370 g/mol. The van der Waals surface area contributed by atoms with Crippen LogP contribution < -0.4 is 10.6 Å². The van der Waals surface area contributed by atoms with Crippen LogP contribution in [0.3, 0.4) is 0 Å². The lowest BCUT2D eigenvalue weighted by molar-refractivity contribution is 0.252. The summed E-state index contributed by atoms with van der Waals surface area (Å²) in [5.74, 6) is -0.0988. The summed E-state index contributed by atoms with van der Waals surface area (Å²) in [5.41, 5.74) is 1.25. The number of carbonyl (C=O) groups is 1. The summed E-state index contributed by atoms with van der Waals surface area (Å²) in [7, 11) is -3.18. The second-order valence-corrected chi connectivity index (χ2v) is 8.52. The van der Waals surface area contributed by atoms with E-state index < -0.39 is 21.1 Å². The second-order valence-electron chi connectivity index (χ2n) is 5.43. The van der Waals surface area contributed by atoms with E-state index in [1.165, 1.54) is 0 Å². The third-order valence-corrected chi connectivity index (χ3v) is 5.89. The Morgan fingerprint density at radius 2 is 2.12 bits per heavy atom. The smallest absolute Gasteiger partial charge is 0.319 e. The van der Waals surface area contributed by atoms with E-state index in [-0.39, 0.29) is 12.3 Å². The molecule has 0 aliphatic heterocycles. The lowest BCUT2D eigenvalue weighted by Crippen LogP contribution is -2.34. The Morgan fingerprint density at radius 1 is 1.38 bits per heavy atom. The van der Waals surface area contributed by atoms with Crippen molar-refractivity contribution in [2.75, 3.05) is 17.6 Å². The Balaban J connectivity index is 1.92. The van der Waals surface area contributed by atoms with Gasteiger partial charge in [0.25, 0.3) is 0 Å². The molecule has 0 aliphatic carbocycles. The molecule has 9 heteroatoms. The fraction of sp³-hybridized carbons (Fsp3) is 0.333. The van der Waals surface area contributed by atoms with Gasteiger partial charge in [-0.05, 0) is 32.0 Å². The summed E-state index contributed by atoms with van der Waals surface area (Å²) in [4.78, 5) is 15.8. The second kappa shape index (κ2) is 7.67. The van der Waals surface area contributed by atoms with Gasteiger partial charge in [0.1, 0.15) is 0 Å². The van der Waals surface area contributed by atoms with Crippen LogP contribution in [0.25, 0.3) is 5.69 Å². The quantitative estimate of drug-likeness (QED) is 0.816. The highest BCUT2D eigenvalue weighted by molar-refractivity contribution is 7.92. The van der Waals surface area contributed by atoms with E-state index in [1.807, 2.05) is 0 Å². The predicted octanol–water partition coefficient (Wildman–Crippen LogP) is 2.47. The number of benzene rings is 1. The average Bonchev–Trinajstić information content (AvgIpc) is 3.01. The molecule has 2 amide bonds. The number of urea groups is 1. The van der Waals surface area contributed by atoms with Crippen LogP contribution in [0, 0.1) is 0 Å². The van der Waals surface area contributed by atoms with Crippen LogP contribution in [0.5, 0.6) is 0 Å². The summed E-state index contributed by atoms with van der Waals surface area (Å²) in [6, 6.07) is 4.58. The van der Waals surface area contributed by atoms with Gasteiger partial charge < -0.3 is 15.2 Å². The van der Waals surface area contributed by atoms with Crippen molar-refractivity contribution in [3.05, 3.63) is 41.9 Å². The number of nitrogens with zero attached hydrogens (tertiary/aromatic N) is 2. The minimum absolute atomic E-state index is 0.0488. The van der Waals surface area contributed by atoms with Crippen molar-refractivity contribution < 1.29 is 13.2 Å². The minimum atomic E-state index is -3.18. The van der Waals surface area contributed by atoms with Gasteiger partial charge in [-0.3, -0.25) is 0 Å². The van der Waals surface area contributed by atoms with Crippen LogP contribution in [0.4, 0.5) is 10.5 Å². The number of anilines is 1. The van der Waals surface area contributed by atoms with Gasteiger partial charge in [-0.25, -0.2) is 18.2 Å². The van der Waals surface area contributed by atoms with E-state index in [1.54, 1.807) is 55.3 Å². The lowest BCUT2D eigenvalue weighted by atomic mass is 10.2. The number of nitrogens with one attached hydrogen (secondary N) is 2. The van der Waals surface area contributed by atoms with Gasteiger partial charge >= 0.3 is 6.03 Å².